The molecule has 3 aromatic carbocycles. The molecule has 0 unspecified atom stereocenters. The summed E-state index contributed by atoms with van der Waals surface area (Å²) >= 11 is 1.86. The highest BCUT2D eigenvalue weighted by atomic mass is 32.2. The van der Waals surface area contributed by atoms with Gasteiger partial charge in [-0.25, -0.2) is 0 Å². The maximum absolute atomic E-state index is 2.58. The summed E-state index contributed by atoms with van der Waals surface area (Å²) in [6, 6.07) is 25.7. The lowest BCUT2D eigenvalue weighted by molar-refractivity contribution is 0.398. The van der Waals surface area contributed by atoms with Crippen LogP contribution in [0.4, 0.5) is 0 Å². The minimum atomic E-state index is 0.158. The van der Waals surface area contributed by atoms with Crippen molar-refractivity contribution in [2.45, 2.75) is 114 Å². The quantitative estimate of drug-likeness (QED) is 0.136. The summed E-state index contributed by atoms with van der Waals surface area (Å²) in [4.78, 5) is 1.37. The van der Waals surface area contributed by atoms with Crippen LogP contribution >= 0.6 is 11.8 Å². The molecular formula is C36H48S. The molecule has 0 aromatic heterocycles. The molecule has 1 heteroatoms. The van der Waals surface area contributed by atoms with Gasteiger partial charge in [-0.1, -0.05) is 145 Å². The Kier molecular flexibility index (Phi) is 10.8. The summed E-state index contributed by atoms with van der Waals surface area (Å²) in [5.74, 6) is 0. The molecule has 1 aliphatic rings. The average Bonchev–Trinajstić information content (AvgIpc) is 3.22. The maximum Gasteiger partial charge on any atom is 0.0215 e. The molecule has 0 amide bonds. The van der Waals surface area contributed by atoms with Crippen LogP contribution in [0.3, 0.4) is 0 Å². The molecule has 0 nitrogen and oxygen atoms in total. The number of rotatable bonds is 16. The molecule has 1 aliphatic carbocycles. The van der Waals surface area contributed by atoms with E-state index >= 15 is 0 Å². The van der Waals surface area contributed by atoms with Crippen LogP contribution in [0.2, 0.25) is 0 Å². The second kappa shape index (κ2) is 14.2. The highest BCUT2D eigenvalue weighted by molar-refractivity contribution is 7.98. The SMILES string of the molecule is CCCCCCCCC1(CCCCCCCC)c2ccccc2-c2ccc(-c3ccccc3SC)cc21. The lowest BCUT2D eigenvalue weighted by atomic mass is 9.70. The molecule has 0 fully saturated rings. The summed E-state index contributed by atoms with van der Waals surface area (Å²) in [6.45, 7) is 4.63. The first kappa shape index (κ1) is 28.0. The Bertz CT molecular complexity index is 1100. The largest absolute Gasteiger partial charge is 0.129 e. The van der Waals surface area contributed by atoms with Gasteiger partial charge >= 0.3 is 0 Å². The van der Waals surface area contributed by atoms with E-state index in [9.17, 15) is 0 Å². The highest BCUT2D eigenvalue weighted by Gasteiger charge is 2.42. The van der Waals surface area contributed by atoms with Gasteiger partial charge in [0.05, 0.1) is 0 Å². The molecular weight excluding hydrogens is 464 g/mol. The number of hydrogen-bond donors (Lipinski definition) is 0. The number of hydrogen-bond acceptors (Lipinski definition) is 1. The van der Waals surface area contributed by atoms with Gasteiger partial charge in [0.15, 0.2) is 0 Å². The van der Waals surface area contributed by atoms with Crippen LogP contribution in [0.1, 0.15) is 115 Å². The lowest BCUT2D eigenvalue weighted by Gasteiger charge is -2.33. The first-order valence-electron chi connectivity index (χ1n) is 15.1. The summed E-state index contributed by atoms with van der Waals surface area (Å²) in [6.07, 6.45) is 21.1. The molecule has 0 saturated heterocycles. The van der Waals surface area contributed by atoms with Crippen LogP contribution < -0.4 is 0 Å². The van der Waals surface area contributed by atoms with Gasteiger partial charge < -0.3 is 0 Å². The van der Waals surface area contributed by atoms with Crippen LogP contribution in [0.15, 0.2) is 71.6 Å². The normalized spacial score (nSPS) is 13.5. The fourth-order valence-corrected chi connectivity index (χ4v) is 7.20. The van der Waals surface area contributed by atoms with E-state index in [-0.39, 0.29) is 5.41 Å². The van der Waals surface area contributed by atoms with E-state index in [2.05, 4.69) is 86.8 Å². The van der Waals surface area contributed by atoms with Gasteiger partial charge in [0.2, 0.25) is 0 Å². The Balaban J connectivity index is 1.69. The molecule has 0 heterocycles. The van der Waals surface area contributed by atoms with Crippen molar-refractivity contribution in [1.82, 2.24) is 0 Å². The predicted octanol–water partition coefficient (Wildman–Crippen LogP) is 11.8. The van der Waals surface area contributed by atoms with Gasteiger partial charge in [-0.3, -0.25) is 0 Å². The zero-order chi connectivity index (χ0) is 25.9. The zero-order valence-electron chi connectivity index (χ0n) is 23.7. The number of thioether (sulfide) groups is 1. The van der Waals surface area contributed by atoms with E-state index in [0.29, 0.717) is 0 Å². The average molecular weight is 513 g/mol. The Morgan fingerprint density at radius 1 is 0.541 bits per heavy atom. The monoisotopic (exact) mass is 512 g/mol. The molecule has 0 saturated carbocycles. The third-order valence-electron chi connectivity index (χ3n) is 8.60. The fraction of sp³-hybridized carbons (Fsp3) is 0.500. The Labute approximate surface area is 231 Å². The van der Waals surface area contributed by atoms with Crippen molar-refractivity contribution in [2.75, 3.05) is 6.26 Å². The van der Waals surface area contributed by atoms with E-state index in [0.717, 1.165) is 0 Å². The van der Waals surface area contributed by atoms with Crippen molar-refractivity contribution < 1.29 is 0 Å². The van der Waals surface area contributed by atoms with Crippen LogP contribution in [0, 0.1) is 0 Å². The zero-order valence-corrected chi connectivity index (χ0v) is 24.5. The summed E-state index contributed by atoms with van der Waals surface area (Å²) in [5.41, 5.74) is 9.09. The van der Waals surface area contributed by atoms with E-state index in [4.69, 9.17) is 0 Å². The molecule has 0 aliphatic heterocycles. The fourth-order valence-electron chi connectivity index (χ4n) is 6.58. The lowest BCUT2D eigenvalue weighted by Crippen LogP contribution is -2.25. The number of fused-ring (bicyclic) bond motifs is 3. The first-order chi connectivity index (χ1) is 18.2. The van der Waals surface area contributed by atoms with Gasteiger partial charge in [0, 0.05) is 10.3 Å². The summed E-state index contributed by atoms with van der Waals surface area (Å²) < 4.78 is 0. The highest BCUT2D eigenvalue weighted by Crippen LogP contribution is 2.55. The van der Waals surface area contributed by atoms with Crippen molar-refractivity contribution in [1.29, 1.82) is 0 Å². The maximum atomic E-state index is 2.58. The number of benzene rings is 3. The van der Waals surface area contributed by atoms with Gasteiger partial charge in [-0.05, 0) is 64.6 Å². The third kappa shape index (κ3) is 6.54. The first-order valence-corrected chi connectivity index (χ1v) is 16.4. The van der Waals surface area contributed by atoms with Gasteiger partial charge in [-0.2, -0.15) is 0 Å². The van der Waals surface area contributed by atoms with Crippen LogP contribution in [-0.2, 0) is 5.41 Å². The van der Waals surface area contributed by atoms with E-state index in [1.165, 1.54) is 117 Å². The smallest absolute Gasteiger partial charge is 0.0215 e. The summed E-state index contributed by atoms with van der Waals surface area (Å²) in [7, 11) is 0. The van der Waals surface area contributed by atoms with Crippen LogP contribution in [0.5, 0.6) is 0 Å². The topological polar surface area (TPSA) is 0 Å². The minimum Gasteiger partial charge on any atom is -0.129 e. The molecule has 0 N–H and O–H groups in total. The third-order valence-corrected chi connectivity index (χ3v) is 9.40. The predicted molar refractivity (Wildman–Crippen MR) is 166 cm³/mol. The van der Waals surface area contributed by atoms with Gasteiger partial charge in [0.1, 0.15) is 0 Å². The standard InChI is InChI=1S/C36H48S/c1-4-6-8-10-12-18-26-36(27-19-13-11-9-7-5-2)33-22-16-14-21-31(33)32-25-24-29(28-34(32)36)30-20-15-17-23-35(30)37-3/h14-17,20-25,28H,4-13,18-19,26-27H2,1-3H3. The van der Waals surface area contributed by atoms with Crippen molar-refractivity contribution in [2.24, 2.45) is 0 Å². The van der Waals surface area contributed by atoms with Gasteiger partial charge in [-0.15, -0.1) is 11.8 Å². The second-order valence-electron chi connectivity index (χ2n) is 11.1. The van der Waals surface area contributed by atoms with Gasteiger partial charge in [0.25, 0.3) is 0 Å². The molecule has 4 rings (SSSR count). The molecule has 3 aromatic rings. The molecule has 37 heavy (non-hydrogen) atoms. The Morgan fingerprint density at radius 3 is 1.73 bits per heavy atom. The van der Waals surface area contributed by atoms with E-state index < -0.39 is 0 Å². The Hall–Kier alpha value is -1.99. The molecule has 0 spiro atoms. The van der Waals surface area contributed by atoms with Crippen molar-refractivity contribution >= 4 is 11.8 Å². The molecule has 0 bridgehead atoms. The molecule has 198 valence electrons. The van der Waals surface area contributed by atoms with E-state index in [1.807, 2.05) is 11.8 Å². The van der Waals surface area contributed by atoms with Crippen LogP contribution in [-0.4, -0.2) is 6.26 Å². The van der Waals surface area contributed by atoms with E-state index in [1.54, 1.807) is 11.1 Å². The van der Waals surface area contributed by atoms with Crippen molar-refractivity contribution in [3.63, 3.8) is 0 Å². The van der Waals surface area contributed by atoms with Crippen molar-refractivity contribution in [3.8, 4) is 22.3 Å². The number of unbranched alkanes of at least 4 members (excludes halogenated alkanes) is 10. The van der Waals surface area contributed by atoms with Crippen LogP contribution in [0.25, 0.3) is 22.3 Å². The summed E-state index contributed by atoms with van der Waals surface area (Å²) in [5, 5.41) is 0. The second-order valence-corrected chi connectivity index (χ2v) is 12.0. The minimum absolute atomic E-state index is 0.158. The molecule has 0 radical (unpaired) electrons. The Morgan fingerprint density at radius 2 is 1.08 bits per heavy atom. The molecule has 0 atom stereocenters. The van der Waals surface area contributed by atoms with Crippen molar-refractivity contribution in [3.05, 3.63) is 77.9 Å².